The summed E-state index contributed by atoms with van der Waals surface area (Å²) in [4.78, 5) is 10.6. The molecule has 0 spiro atoms. The number of aliphatic hydroxyl groups excluding tert-OH is 4. The molecular weight excluding hydrogens is 208 g/mol. The molecule has 0 amide bonds. The molecule has 4 N–H and O–H groups in total. The smallest absolute Gasteiger partial charge is 0.305 e. The van der Waals surface area contributed by atoms with Crippen LogP contribution < -0.4 is 0 Å². The Morgan fingerprint density at radius 1 is 1.27 bits per heavy atom. The van der Waals surface area contributed by atoms with Crippen molar-refractivity contribution in [2.75, 3.05) is 6.61 Å². The van der Waals surface area contributed by atoms with Crippen LogP contribution in [0.4, 0.5) is 0 Å². The molecule has 1 rings (SSSR count). The van der Waals surface area contributed by atoms with E-state index in [2.05, 4.69) is 4.74 Å². The Labute approximate surface area is 85.9 Å². The monoisotopic (exact) mass is 222 g/mol. The Balaban J connectivity index is 2.69. The average molecular weight is 222 g/mol. The van der Waals surface area contributed by atoms with Gasteiger partial charge >= 0.3 is 5.97 Å². The number of aliphatic hydroxyl groups is 4. The third-order valence-corrected chi connectivity index (χ3v) is 2.13. The number of rotatable bonds is 2. The minimum absolute atomic E-state index is 0.553. The predicted molar refractivity (Wildman–Crippen MR) is 45.5 cm³/mol. The van der Waals surface area contributed by atoms with Crippen LogP contribution in [0.15, 0.2) is 0 Å². The Hall–Kier alpha value is -0.730. The van der Waals surface area contributed by atoms with Crippen LogP contribution in [0.1, 0.15) is 6.92 Å². The second-order valence-electron chi connectivity index (χ2n) is 3.31. The van der Waals surface area contributed by atoms with Crippen molar-refractivity contribution in [3.05, 3.63) is 0 Å². The highest BCUT2D eigenvalue weighted by Gasteiger charge is 2.44. The Bertz CT molecular complexity index is 229. The lowest BCUT2D eigenvalue weighted by atomic mass is 9.99. The standard InChI is InChI=1S/C8H14O7/c1-3(10)14-8-7(13)6(12)5(11)4(2-9)15-8/h4-9,11-13H,2H2,1H3/t4?,5-,6+,7-,8-/m1/s1. The van der Waals surface area contributed by atoms with Crippen molar-refractivity contribution >= 4 is 5.97 Å². The van der Waals surface area contributed by atoms with Gasteiger partial charge in [-0.3, -0.25) is 4.79 Å². The summed E-state index contributed by atoms with van der Waals surface area (Å²) in [6.45, 7) is 0.560. The van der Waals surface area contributed by atoms with E-state index in [1.165, 1.54) is 0 Å². The highest BCUT2D eigenvalue weighted by atomic mass is 16.7. The van der Waals surface area contributed by atoms with E-state index in [0.717, 1.165) is 6.92 Å². The van der Waals surface area contributed by atoms with Gasteiger partial charge in [0.05, 0.1) is 6.61 Å². The van der Waals surface area contributed by atoms with Crippen molar-refractivity contribution in [2.24, 2.45) is 0 Å². The number of esters is 1. The van der Waals surface area contributed by atoms with E-state index >= 15 is 0 Å². The van der Waals surface area contributed by atoms with Gasteiger partial charge in [-0.1, -0.05) is 0 Å². The van der Waals surface area contributed by atoms with Crippen molar-refractivity contribution in [3.8, 4) is 0 Å². The van der Waals surface area contributed by atoms with Crippen LogP contribution in [-0.4, -0.2) is 63.7 Å². The fraction of sp³-hybridized carbons (Fsp3) is 0.875. The average Bonchev–Trinajstić information content (AvgIpc) is 2.18. The maximum Gasteiger partial charge on any atom is 0.305 e. The van der Waals surface area contributed by atoms with Crippen LogP contribution in [0.5, 0.6) is 0 Å². The van der Waals surface area contributed by atoms with Crippen LogP contribution in [0.2, 0.25) is 0 Å². The lowest BCUT2D eigenvalue weighted by Crippen LogP contribution is -2.59. The lowest BCUT2D eigenvalue weighted by Gasteiger charge is -2.38. The molecule has 0 radical (unpaired) electrons. The molecule has 5 atom stereocenters. The molecule has 1 saturated heterocycles. The molecule has 0 aliphatic carbocycles. The summed E-state index contributed by atoms with van der Waals surface area (Å²) in [7, 11) is 0. The van der Waals surface area contributed by atoms with Crippen LogP contribution in [-0.2, 0) is 14.3 Å². The first-order chi connectivity index (χ1) is 6.97. The molecule has 1 aliphatic rings. The highest BCUT2D eigenvalue weighted by Crippen LogP contribution is 2.21. The van der Waals surface area contributed by atoms with Gasteiger partial charge in [-0.15, -0.1) is 0 Å². The van der Waals surface area contributed by atoms with E-state index < -0.39 is 43.3 Å². The molecule has 0 aromatic carbocycles. The molecule has 15 heavy (non-hydrogen) atoms. The van der Waals surface area contributed by atoms with E-state index in [0.29, 0.717) is 0 Å². The van der Waals surface area contributed by atoms with Crippen LogP contribution in [0.25, 0.3) is 0 Å². The maximum atomic E-state index is 10.6. The number of ether oxygens (including phenoxy) is 2. The quantitative estimate of drug-likeness (QED) is 0.377. The molecule has 7 nitrogen and oxygen atoms in total. The predicted octanol–water partition coefficient (Wildman–Crippen LogP) is -2.65. The Morgan fingerprint density at radius 3 is 2.33 bits per heavy atom. The Kier molecular flexibility index (Phi) is 4.00. The fourth-order valence-electron chi connectivity index (χ4n) is 1.33. The van der Waals surface area contributed by atoms with Gasteiger partial charge in [0.1, 0.15) is 24.4 Å². The molecule has 7 heteroatoms. The Morgan fingerprint density at radius 2 is 1.87 bits per heavy atom. The van der Waals surface area contributed by atoms with Crippen LogP contribution in [0.3, 0.4) is 0 Å². The first-order valence-corrected chi connectivity index (χ1v) is 4.45. The number of hydrogen-bond acceptors (Lipinski definition) is 7. The highest BCUT2D eigenvalue weighted by molar-refractivity contribution is 5.66. The summed E-state index contributed by atoms with van der Waals surface area (Å²) >= 11 is 0. The molecule has 1 fully saturated rings. The van der Waals surface area contributed by atoms with Crippen molar-refractivity contribution in [2.45, 2.75) is 37.6 Å². The van der Waals surface area contributed by atoms with Gasteiger partial charge < -0.3 is 29.9 Å². The normalized spacial score (nSPS) is 41.3. The van der Waals surface area contributed by atoms with Crippen molar-refractivity contribution in [1.29, 1.82) is 0 Å². The van der Waals surface area contributed by atoms with Crippen molar-refractivity contribution < 1.29 is 34.7 Å². The molecule has 1 unspecified atom stereocenters. The molecule has 0 aromatic rings. The summed E-state index contributed by atoms with van der Waals surface area (Å²) in [5, 5.41) is 36.8. The fourth-order valence-corrected chi connectivity index (χ4v) is 1.33. The number of hydrogen-bond donors (Lipinski definition) is 4. The second-order valence-corrected chi connectivity index (χ2v) is 3.31. The maximum absolute atomic E-state index is 10.6. The summed E-state index contributed by atoms with van der Waals surface area (Å²) in [5.41, 5.74) is 0. The summed E-state index contributed by atoms with van der Waals surface area (Å²) in [6.07, 6.45) is -6.95. The van der Waals surface area contributed by atoms with Gasteiger partial charge in [0.15, 0.2) is 0 Å². The molecule has 1 aliphatic heterocycles. The van der Waals surface area contributed by atoms with E-state index in [4.69, 9.17) is 9.84 Å². The van der Waals surface area contributed by atoms with E-state index in [-0.39, 0.29) is 0 Å². The molecule has 0 aromatic heterocycles. The van der Waals surface area contributed by atoms with Crippen molar-refractivity contribution in [1.82, 2.24) is 0 Å². The van der Waals surface area contributed by atoms with Gasteiger partial charge in [0.25, 0.3) is 0 Å². The SMILES string of the molecule is CC(=O)O[C@@H]1OC(CO)[C@@H](O)[C@H](O)[C@H]1O. The van der Waals surface area contributed by atoms with Gasteiger partial charge in [0.2, 0.25) is 6.29 Å². The van der Waals surface area contributed by atoms with Gasteiger partial charge in [0, 0.05) is 6.92 Å². The minimum Gasteiger partial charge on any atom is -0.433 e. The minimum atomic E-state index is -1.54. The molecule has 1 heterocycles. The lowest BCUT2D eigenvalue weighted by molar-refractivity contribution is -0.292. The molecular formula is C8H14O7. The van der Waals surface area contributed by atoms with E-state index in [1.54, 1.807) is 0 Å². The number of carbonyl (C=O) groups excluding carboxylic acids is 1. The second kappa shape index (κ2) is 4.86. The topological polar surface area (TPSA) is 116 Å². The van der Waals surface area contributed by atoms with E-state index in [9.17, 15) is 20.1 Å². The molecule has 88 valence electrons. The largest absolute Gasteiger partial charge is 0.433 e. The zero-order chi connectivity index (χ0) is 11.6. The zero-order valence-corrected chi connectivity index (χ0v) is 8.11. The van der Waals surface area contributed by atoms with Crippen molar-refractivity contribution in [3.63, 3.8) is 0 Å². The van der Waals surface area contributed by atoms with Gasteiger partial charge in [-0.2, -0.15) is 0 Å². The van der Waals surface area contributed by atoms with Crippen LogP contribution in [0, 0.1) is 0 Å². The third kappa shape index (κ3) is 2.64. The molecule has 0 saturated carbocycles. The van der Waals surface area contributed by atoms with Gasteiger partial charge in [-0.25, -0.2) is 0 Å². The number of carbonyl (C=O) groups is 1. The zero-order valence-electron chi connectivity index (χ0n) is 8.11. The first-order valence-electron chi connectivity index (χ1n) is 4.45. The van der Waals surface area contributed by atoms with E-state index in [1.807, 2.05) is 0 Å². The first kappa shape index (κ1) is 12.3. The third-order valence-electron chi connectivity index (χ3n) is 2.13. The van der Waals surface area contributed by atoms with Gasteiger partial charge in [-0.05, 0) is 0 Å². The summed E-state index contributed by atoms with van der Waals surface area (Å²) in [6, 6.07) is 0. The van der Waals surface area contributed by atoms with Crippen LogP contribution >= 0.6 is 0 Å². The summed E-state index contributed by atoms with van der Waals surface area (Å²) < 4.78 is 9.45. The molecule has 0 bridgehead atoms. The summed E-state index contributed by atoms with van der Waals surface area (Å²) in [5.74, 6) is -0.695.